The molecule has 1 aliphatic rings. The molecule has 2 atom stereocenters. The molecule has 0 spiro atoms. The van der Waals surface area contributed by atoms with Crippen LogP contribution in [0.2, 0.25) is 0 Å². The standard InChI is InChI=1S/C8H12O4/c1-8(2)4(6(9)10)5(8)7(11)12-3/h4-5H,1-3H3,(H,9,10)/t4-,5+/m0/s1. The van der Waals surface area contributed by atoms with Gasteiger partial charge in [0.1, 0.15) is 0 Å². The Bertz CT molecular complexity index is 231. The van der Waals surface area contributed by atoms with E-state index in [1.165, 1.54) is 7.11 Å². The number of rotatable bonds is 2. The first-order valence-electron chi connectivity index (χ1n) is 3.73. The Hall–Kier alpha value is -1.06. The highest BCUT2D eigenvalue weighted by molar-refractivity contribution is 5.88. The summed E-state index contributed by atoms with van der Waals surface area (Å²) >= 11 is 0. The molecule has 68 valence electrons. The second-order valence-electron chi connectivity index (χ2n) is 3.64. The predicted octanol–water partition coefficient (Wildman–Crippen LogP) is 0.516. The van der Waals surface area contributed by atoms with Crippen molar-refractivity contribution >= 4 is 11.9 Å². The number of aliphatic carboxylic acids is 1. The van der Waals surface area contributed by atoms with Gasteiger partial charge >= 0.3 is 11.9 Å². The fourth-order valence-corrected chi connectivity index (χ4v) is 1.67. The van der Waals surface area contributed by atoms with Crippen LogP contribution in [0, 0.1) is 17.3 Å². The summed E-state index contributed by atoms with van der Waals surface area (Å²) in [5.41, 5.74) is -0.446. The summed E-state index contributed by atoms with van der Waals surface area (Å²) in [5, 5.41) is 8.70. The van der Waals surface area contributed by atoms with Gasteiger partial charge in [0, 0.05) is 0 Å². The van der Waals surface area contributed by atoms with Gasteiger partial charge in [0.2, 0.25) is 0 Å². The number of carboxylic acid groups (broad SMARTS) is 1. The largest absolute Gasteiger partial charge is 0.481 e. The molecular weight excluding hydrogens is 160 g/mol. The molecule has 1 saturated carbocycles. The zero-order valence-electron chi connectivity index (χ0n) is 7.33. The van der Waals surface area contributed by atoms with Crippen LogP contribution < -0.4 is 0 Å². The summed E-state index contributed by atoms with van der Waals surface area (Å²) in [7, 11) is 1.27. The molecule has 0 aromatic carbocycles. The van der Waals surface area contributed by atoms with Gasteiger partial charge in [-0.25, -0.2) is 0 Å². The molecule has 1 aliphatic carbocycles. The third-order valence-electron chi connectivity index (χ3n) is 2.55. The molecular formula is C8H12O4. The number of carbonyl (C=O) groups is 2. The average Bonchev–Trinajstić information content (AvgIpc) is 2.52. The van der Waals surface area contributed by atoms with Crippen LogP contribution in [0.1, 0.15) is 13.8 Å². The molecule has 1 fully saturated rings. The van der Waals surface area contributed by atoms with E-state index < -0.39 is 29.2 Å². The molecule has 0 aromatic heterocycles. The lowest BCUT2D eigenvalue weighted by Gasteiger charge is -1.98. The Morgan fingerprint density at radius 3 is 2.08 bits per heavy atom. The van der Waals surface area contributed by atoms with Gasteiger partial charge in [-0.1, -0.05) is 13.8 Å². The Labute approximate surface area is 70.5 Å². The van der Waals surface area contributed by atoms with Crippen molar-refractivity contribution in [2.75, 3.05) is 7.11 Å². The maximum Gasteiger partial charge on any atom is 0.310 e. The van der Waals surface area contributed by atoms with E-state index in [-0.39, 0.29) is 0 Å². The molecule has 1 N–H and O–H groups in total. The molecule has 0 amide bonds. The monoisotopic (exact) mass is 172 g/mol. The zero-order chi connectivity index (χ0) is 9.52. The molecule has 4 nitrogen and oxygen atoms in total. The smallest absolute Gasteiger partial charge is 0.310 e. The maximum absolute atomic E-state index is 11.0. The third-order valence-corrected chi connectivity index (χ3v) is 2.55. The van der Waals surface area contributed by atoms with Crippen molar-refractivity contribution in [1.29, 1.82) is 0 Å². The van der Waals surface area contributed by atoms with Crippen molar-refractivity contribution in [3.8, 4) is 0 Å². The van der Waals surface area contributed by atoms with E-state index >= 15 is 0 Å². The molecule has 1 rings (SSSR count). The number of ether oxygens (including phenoxy) is 1. The second-order valence-corrected chi connectivity index (χ2v) is 3.64. The Kier molecular flexibility index (Phi) is 1.86. The minimum absolute atomic E-state index is 0.424. The van der Waals surface area contributed by atoms with Crippen molar-refractivity contribution in [3.63, 3.8) is 0 Å². The molecule has 0 heterocycles. The number of carbonyl (C=O) groups excluding carboxylic acids is 1. The van der Waals surface area contributed by atoms with Crippen LogP contribution in [0.3, 0.4) is 0 Å². The van der Waals surface area contributed by atoms with Gasteiger partial charge in [-0.3, -0.25) is 9.59 Å². The van der Waals surface area contributed by atoms with Crippen LogP contribution in [0.15, 0.2) is 0 Å². The summed E-state index contributed by atoms with van der Waals surface area (Å²) in [6.07, 6.45) is 0. The van der Waals surface area contributed by atoms with Gasteiger partial charge in [-0.05, 0) is 5.41 Å². The van der Waals surface area contributed by atoms with Gasteiger partial charge in [-0.15, -0.1) is 0 Å². The highest BCUT2D eigenvalue weighted by Crippen LogP contribution is 2.58. The van der Waals surface area contributed by atoms with Crippen molar-refractivity contribution in [2.24, 2.45) is 17.3 Å². The van der Waals surface area contributed by atoms with E-state index in [1.807, 2.05) is 0 Å². The lowest BCUT2D eigenvalue weighted by molar-refractivity contribution is -0.146. The van der Waals surface area contributed by atoms with Gasteiger partial charge in [-0.2, -0.15) is 0 Å². The number of methoxy groups -OCH3 is 1. The molecule has 4 heteroatoms. The molecule has 0 aromatic rings. The van der Waals surface area contributed by atoms with Gasteiger partial charge in [0.05, 0.1) is 18.9 Å². The van der Waals surface area contributed by atoms with E-state index in [0.29, 0.717) is 0 Å². The van der Waals surface area contributed by atoms with E-state index in [1.54, 1.807) is 13.8 Å². The topological polar surface area (TPSA) is 63.6 Å². The molecule has 0 bridgehead atoms. The summed E-state index contributed by atoms with van der Waals surface area (Å²) in [6, 6.07) is 0. The zero-order valence-corrected chi connectivity index (χ0v) is 7.33. The van der Waals surface area contributed by atoms with E-state index in [0.717, 1.165) is 0 Å². The van der Waals surface area contributed by atoms with Gasteiger partial charge in [0.15, 0.2) is 0 Å². The van der Waals surface area contributed by atoms with Crippen LogP contribution in [0.5, 0.6) is 0 Å². The van der Waals surface area contributed by atoms with Gasteiger partial charge in [0.25, 0.3) is 0 Å². The number of hydrogen-bond donors (Lipinski definition) is 1. The molecule has 0 radical (unpaired) electrons. The van der Waals surface area contributed by atoms with E-state index in [2.05, 4.69) is 4.74 Å². The van der Waals surface area contributed by atoms with Crippen molar-refractivity contribution in [3.05, 3.63) is 0 Å². The number of esters is 1. The van der Waals surface area contributed by atoms with Crippen molar-refractivity contribution < 1.29 is 19.4 Å². The van der Waals surface area contributed by atoms with Crippen LogP contribution in [0.4, 0.5) is 0 Å². The Morgan fingerprint density at radius 1 is 1.33 bits per heavy atom. The summed E-state index contributed by atoms with van der Waals surface area (Å²) in [4.78, 5) is 21.6. The van der Waals surface area contributed by atoms with E-state index in [4.69, 9.17) is 5.11 Å². The number of carboxylic acids is 1. The van der Waals surface area contributed by atoms with Crippen molar-refractivity contribution in [1.82, 2.24) is 0 Å². The second kappa shape index (κ2) is 2.47. The van der Waals surface area contributed by atoms with Crippen molar-refractivity contribution in [2.45, 2.75) is 13.8 Å². The quantitative estimate of drug-likeness (QED) is 0.616. The lowest BCUT2D eigenvalue weighted by Crippen LogP contribution is -2.09. The fourth-order valence-electron chi connectivity index (χ4n) is 1.67. The molecule has 0 saturated heterocycles. The molecule has 12 heavy (non-hydrogen) atoms. The first-order valence-corrected chi connectivity index (χ1v) is 3.73. The summed E-state index contributed by atoms with van der Waals surface area (Å²) < 4.78 is 4.49. The normalized spacial score (nSPS) is 30.9. The lowest BCUT2D eigenvalue weighted by atomic mass is 10.1. The minimum atomic E-state index is -0.921. The van der Waals surface area contributed by atoms with Crippen LogP contribution >= 0.6 is 0 Å². The average molecular weight is 172 g/mol. The van der Waals surface area contributed by atoms with E-state index in [9.17, 15) is 9.59 Å². The van der Waals surface area contributed by atoms with Gasteiger partial charge < -0.3 is 9.84 Å². The highest BCUT2D eigenvalue weighted by atomic mass is 16.5. The molecule has 0 aliphatic heterocycles. The van der Waals surface area contributed by atoms with Crippen LogP contribution in [-0.4, -0.2) is 24.2 Å². The summed E-state index contributed by atoms with van der Waals surface area (Å²) in [5.74, 6) is -2.40. The Balaban J connectivity index is 2.73. The predicted molar refractivity (Wildman–Crippen MR) is 40.4 cm³/mol. The first kappa shape index (κ1) is 9.03. The minimum Gasteiger partial charge on any atom is -0.481 e. The SMILES string of the molecule is COC(=O)[C@H]1[C@@H](C(=O)O)C1(C)C. The van der Waals surface area contributed by atoms with Crippen LogP contribution in [0.25, 0.3) is 0 Å². The third kappa shape index (κ3) is 1.07. The molecule has 0 unspecified atom stereocenters. The maximum atomic E-state index is 11.0. The number of hydrogen-bond acceptors (Lipinski definition) is 3. The van der Waals surface area contributed by atoms with Crippen LogP contribution in [-0.2, 0) is 14.3 Å². The Morgan fingerprint density at radius 2 is 1.83 bits per heavy atom. The summed E-state index contributed by atoms with van der Waals surface area (Å²) in [6.45, 7) is 3.51. The fraction of sp³-hybridized carbons (Fsp3) is 0.750. The highest BCUT2D eigenvalue weighted by Gasteiger charge is 2.66. The first-order chi connectivity index (χ1) is 5.42.